The van der Waals surface area contributed by atoms with Crippen molar-refractivity contribution < 1.29 is 9.90 Å². The molecule has 0 aromatic heterocycles. The van der Waals surface area contributed by atoms with Gasteiger partial charge in [0.05, 0.1) is 10.7 Å². The molecule has 2 aromatic rings. The van der Waals surface area contributed by atoms with E-state index in [1.165, 1.54) is 12.3 Å². The maximum atomic E-state index is 11.7. The summed E-state index contributed by atoms with van der Waals surface area (Å²) in [6.45, 7) is 0. The van der Waals surface area contributed by atoms with Crippen molar-refractivity contribution in [3.63, 3.8) is 0 Å². The highest BCUT2D eigenvalue weighted by Gasteiger charge is 2.05. The second-order valence-electron chi connectivity index (χ2n) is 3.89. The van der Waals surface area contributed by atoms with Gasteiger partial charge < -0.3 is 5.11 Å². The van der Waals surface area contributed by atoms with Gasteiger partial charge in [-0.15, -0.1) is 0 Å². The first kappa shape index (κ1) is 14.7. The van der Waals surface area contributed by atoms with Crippen LogP contribution < -0.4 is 5.43 Å². The number of aromatic hydroxyl groups is 1. The second kappa shape index (κ2) is 6.67. The first-order valence-corrected chi connectivity index (χ1v) is 7.23. The van der Waals surface area contributed by atoms with Gasteiger partial charge in [-0.1, -0.05) is 34.1 Å². The van der Waals surface area contributed by atoms with Crippen molar-refractivity contribution in [1.82, 2.24) is 5.43 Å². The minimum Gasteiger partial charge on any atom is -0.507 e. The molecule has 4 nitrogen and oxygen atoms in total. The van der Waals surface area contributed by atoms with Crippen LogP contribution in [0.2, 0.25) is 0 Å². The van der Waals surface area contributed by atoms with Crippen molar-refractivity contribution in [1.29, 1.82) is 0 Å². The molecule has 0 spiro atoms. The molecule has 0 unspecified atom stereocenters. The van der Waals surface area contributed by atoms with Crippen molar-refractivity contribution in [3.8, 4) is 5.75 Å². The Morgan fingerprint density at radius 2 is 1.85 bits per heavy atom. The van der Waals surface area contributed by atoms with Crippen molar-refractivity contribution in [2.24, 2.45) is 5.10 Å². The zero-order chi connectivity index (χ0) is 14.5. The van der Waals surface area contributed by atoms with E-state index in [-0.39, 0.29) is 11.7 Å². The third-order valence-corrected chi connectivity index (χ3v) is 3.79. The Labute approximate surface area is 132 Å². The average Bonchev–Trinajstić information content (AvgIpc) is 2.45. The molecule has 0 radical (unpaired) electrons. The fraction of sp³-hybridized carbons (Fsp3) is 0. The molecule has 0 atom stereocenters. The SMILES string of the molecule is O=C(N/N=C/c1cc(O)c(Br)cc1Br)c1ccccc1. The third kappa shape index (κ3) is 3.68. The molecule has 0 aliphatic heterocycles. The number of carbonyl (C=O) groups is 1. The zero-order valence-corrected chi connectivity index (χ0v) is 13.3. The van der Waals surface area contributed by atoms with Gasteiger partial charge in [-0.2, -0.15) is 5.10 Å². The number of phenols is 1. The molecule has 0 saturated heterocycles. The number of halogens is 2. The highest BCUT2D eigenvalue weighted by atomic mass is 79.9. The third-order valence-electron chi connectivity index (χ3n) is 2.47. The molecule has 2 aromatic carbocycles. The summed E-state index contributed by atoms with van der Waals surface area (Å²) in [5, 5.41) is 13.5. The van der Waals surface area contributed by atoms with Gasteiger partial charge in [0.1, 0.15) is 5.75 Å². The van der Waals surface area contributed by atoms with Crippen LogP contribution in [0.1, 0.15) is 15.9 Å². The van der Waals surface area contributed by atoms with Gasteiger partial charge in [-0.05, 0) is 40.2 Å². The summed E-state index contributed by atoms with van der Waals surface area (Å²) < 4.78 is 1.33. The van der Waals surface area contributed by atoms with Gasteiger partial charge in [-0.25, -0.2) is 5.43 Å². The fourth-order valence-electron chi connectivity index (χ4n) is 1.47. The summed E-state index contributed by atoms with van der Waals surface area (Å²) in [5.41, 5.74) is 3.61. The number of rotatable bonds is 3. The van der Waals surface area contributed by atoms with Crippen LogP contribution in [0.5, 0.6) is 5.75 Å². The first-order valence-electron chi connectivity index (χ1n) is 5.64. The standard InChI is InChI=1S/C14H10Br2N2O2/c15-11-7-12(16)13(19)6-10(11)8-17-18-14(20)9-4-2-1-3-5-9/h1-8,19H,(H,18,20)/b17-8+. The van der Waals surface area contributed by atoms with E-state index in [4.69, 9.17) is 0 Å². The molecule has 1 amide bonds. The average molecular weight is 398 g/mol. The Morgan fingerprint density at radius 3 is 2.55 bits per heavy atom. The van der Waals surface area contributed by atoms with Crippen LogP contribution >= 0.6 is 31.9 Å². The monoisotopic (exact) mass is 396 g/mol. The van der Waals surface area contributed by atoms with Crippen molar-refractivity contribution >= 4 is 44.0 Å². The largest absolute Gasteiger partial charge is 0.507 e. The molecule has 2 rings (SSSR count). The van der Waals surface area contributed by atoms with Crippen LogP contribution in [0.3, 0.4) is 0 Å². The highest BCUT2D eigenvalue weighted by Crippen LogP contribution is 2.29. The quantitative estimate of drug-likeness (QED) is 0.612. The van der Waals surface area contributed by atoms with Crippen molar-refractivity contribution in [2.75, 3.05) is 0 Å². The summed E-state index contributed by atoms with van der Waals surface area (Å²) >= 11 is 6.56. The Hall–Kier alpha value is -1.66. The van der Waals surface area contributed by atoms with E-state index in [0.29, 0.717) is 15.6 Å². The Bertz CT molecular complexity index is 658. The number of hydrazone groups is 1. The number of nitrogens with one attached hydrogen (secondary N) is 1. The number of carbonyl (C=O) groups excluding carboxylic acids is 1. The van der Waals surface area contributed by atoms with Gasteiger partial charge in [0.2, 0.25) is 0 Å². The molecule has 0 heterocycles. The molecule has 0 aliphatic rings. The minimum atomic E-state index is -0.292. The summed E-state index contributed by atoms with van der Waals surface area (Å²) in [6, 6.07) is 12.0. The Balaban J connectivity index is 2.08. The smallest absolute Gasteiger partial charge is 0.271 e. The Kier molecular flexibility index (Phi) is 4.92. The molecular formula is C14H10Br2N2O2. The predicted octanol–water partition coefficient (Wildman–Crippen LogP) is 3.68. The summed E-state index contributed by atoms with van der Waals surface area (Å²) in [6.07, 6.45) is 1.46. The van der Waals surface area contributed by atoms with E-state index in [9.17, 15) is 9.90 Å². The van der Waals surface area contributed by atoms with Gasteiger partial charge in [0, 0.05) is 15.6 Å². The van der Waals surface area contributed by atoms with Gasteiger partial charge in [-0.3, -0.25) is 4.79 Å². The normalized spacial score (nSPS) is 10.7. The Morgan fingerprint density at radius 1 is 1.15 bits per heavy atom. The van der Waals surface area contributed by atoms with E-state index in [1.54, 1.807) is 30.3 Å². The molecular weight excluding hydrogens is 388 g/mol. The lowest BCUT2D eigenvalue weighted by Gasteiger charge is -2.02. The molecule has 102 valence electrons. The van der Waals surface area contributed by atoms with E-state index in [0.717, 1.165) is 4.47 Å². The highest BCUT2D eigenvalue weighted by molar-refractivity contribution is 9.11. The van der Waals surface area contributed by atoms with Crippen LogP contribution in [0.15, 0.2) is 56.5 Å². The molecule has 0 bridgehead atoms. The van der Waals surface area contributed by atoms with E-state index in [1.807, 2.05) is 6.07 Å². The molecule has 0 fully saturated rings. The maximum absolute atomic E-state index is 11.7. The number of benzene rings is 2. The van der Waals surface area contributed by atoms with Crippen LogP contribution in [-0.4, -0.2) is 17.2 Å². The molecule has 0 saturated carbocycles. The van der Waals surface area contributed by atoms with Crippen LogP contribution in [-0.2, 0) is 0 Å². The van der Waals surface area contributed by atoms with Crippen LogP contribution in [0.4, 0.5) is 0 Å². The lowest BCUT2D eigenvalue weighted by Crippen LogP contribution is -2.17. The van der Waals surface area contributed by atoms with Crippen molar-refractivity contribution in [2.45, 2.75) is 0 Å². The molecule has 0 aliphatic carbocycles. The van der Waals surface area contributed by atoms with Crippen LogP contribution in [0, 0.1) is 0 Å². The zero-order valence-electron chi connectivity index (χ0n) is 10.2. The predicted molar refractivity (Wildman–Crippen MR) is 85.0 cm³/mol. The fourth-order valence-corrected chi connectivity index (χ4v) is 2.56. The van der Waals surface area contributed by atoms with E-state index >= 15 is 0 Å². The summed E-state index contributed by atoms with van der Waals surface area (Å²) in [4.78, 5) is 11.7. The van der Waals surface area contributed by atoms with Crippen molar-refractivity contribution in [3.05, 3.63) is 62.5 Å². The number of nitrogens with zero attached hydrogens (tertiary/aromatic N) is 1. The summed E-state index contributed by atoms with van der Waals surface area (Å²) in [5.74, 6) is -0.191. The molecule has 2 N–H and O–H groups in total. The number of hydrogen-bond acceptors (Lipinski definition) is 3. The topological polar surface area (TPSA) is 61.7 Å². The van der Waals surface area contributed by atoms with Crippen LogP contribution in [0.25, 0.3) is 0 Å². The second-order valence-corrected chi connectivity index (χ2v) is 5.60. The van der Waals surface area contributed by atoms with E-state index in [2.05, 4.69) is 42.4 Å². The molecule has 6 heteroatoms. The minimum absolute atomic E-state index is 0.101. The maximum Gasteiger partial charge on any atom is 0.271 e. The van der Waals surface area contributed by atoms with E-state index < -0.39 is 0 Å². The lowest BCUT2D eigenvalue weighted by atomic mass is 10.2. The van der Waals surface area contributed by atoms with Gasteiger partial charge in [0.15, 0.2) is 0 Å². The number of amides is 1. The lowest BCUT2D eigenvalue weighted by molar-refractivity contribution is 0.0955. The number of phenolic OH excluding ortho intramolecular Hbond substituents is 1. The van der Waals surface area contributed by atoms with Gasteiger partial charge in [0.25, 0.3) is 5.91 Å². The first-order chi connectivity index (χ1) is 9.58. The number of hydrogen-bond donors (Lipinski definition) is 2. The molecule has 20 heavy (non-hydrogen) atoms. The summed E-state index contributed by atoms with van der Waals surface area (Å²) in [7, 11) is 0. The van der Waals surface area contributed by atoms with Gasteiger partial charge >= 0.3 is 0 Å².